The van der Waals surface area contributed by atoms with Gasteiger partial charge in [-0.3, -0.25) is 4.79 Å². The van der Waals surface area contributed by atoms with Crippen LogP contribution in [0.3, 0.4) is 0 Å². The first kappa shape index (κ1) is 30.9. The molecule has 1 heterocycles. The number of likely N-dealkylation sites (N-methyl/N-ethyl adjacent to an activating group) is 1. The second-order valence-electron chi connectivity index (χ2n) is 9.26. The van der Waals surface area contributed by atoms with Crippen LogP contribution in [0.2, 0.25) is 10.0 Å². The van der Waals surface area contributed by atoms with Crippen LogP contribution in [-0.2, 0) is 31.4 Å². The molecule has 1 fully saturated rings. The van der Waals surface area contributed by atoms with E-state index in [9.17, 15) is 21.6 Å². The smallest absolute Gasteiger partial charge is 0.243 e. The number of carbonyl (C=O) groups is 1. The van der Waals surface area contributed by atoms with Crippen LogP contribution in [0.15, 0.2) is 81.0 Å². The van der Waals surface area contributed by atoms with Crippen LogP contribution in [-0.4, -0.2) is 76.0 Å². The van der Waals surface area contributed by atoms with E-state index in [-0.39, 0.29) is 21.4 Å². The summed E-state index contributed by atoms with van der Waals surface area (Å²) in [6.07, 6.45) is 0. The molecule has 14 heteroatoms. The highest BCUT2D eigenvalue weighted by Crippen LogP contribution is 2.26. The van der Waals surface area contributed by atoms with E-state index in [1.54, 1.807) is 30.3 Å². The number of benzene rings is 3. The molecule has 0 radical (unpaired) electrons. The number of carbonyl (C=O) groups excluding carboxylic acids is 1. The van der Waals surface area contributed by atoms with Crippen LogP contribution in [0.4, 0.5) is 5.69 Å². The Morgan fingerprint density at radius 3 is 2.08 bits per heavy atom. The Kier molecular flexibility index (Phi) is 9.95. The summed E-state index contributed by atoms with van der Waals surface area (Å²) in [6.45, 7) is 1.47. The van der Waals surface area contributed by atoms with Crippen molar-refractivity contribution in [1.82, 2.24) is 13.5 Å². The predicted molar refractivity (Wildman–Crippen MR) is 160 cm³/mol. The lowest BCUT2D eigenvalue weighted by Gasteiger charge is -2.31. The van der Waals surface area contributed by atoms with Gasteiger partial charge in [-0.2, -0.15) is 8.61 Å². The first-order chi connectivity index (χ1) is 18.9. The zero-order valence-corrected chi connectivity index (χ0v) is 26.2. The molecule has 1 saturated heterocycles. The monoisotopic (exact) mass is 688 g/mol. The molecule has 1 aliphatic rings. The largest absolute Gasteiger partial charge is 0.325 e. The van der Waals surface area contributed by atoms with Gasteiger partial charge in [-0.1, -0.05) is 45.2 Å². The summed E-state index contributed by atoms with van der Waals surface area (Å²) in [6, 6.07) is 16.6. The van der Waals surface area contributed by atoms with E-state index < -0.39 is 32.5 Å². The van der Waals surface area contributed by atoms with Gasteiger partial charge in [-0.15, -0.1) is 0 Å². The van der Waals surface area contributed by atoms with Crippen molar-refractivity contribution in [2.45, 2.75) is 16.3 Å². The van der Waals surface area contributed by atoms with Gasteiger partial charge in [0.25, 0.3) is 0 Å². The standard InChI is InChI=1S/C26H27BrCl2N4O5S2/c1-31-12-14-32(15-13-31)39(35,36)23-9-5-21(6-10-23)30-26(34)18-33(17-19-2-11-24(28)25(29)16-19)40(37,38)22-7-3-20(27)4-8-22/h2-11,16H,12-15,17-18H2,1H3,(H,30,34). The average molecular weight is 690 g/mol. The summed E-state index contributed by atoms with van der Waals surface area (Å²) in [4.78, 5) is 15.2. The molecule has 0 bridgehead atoms. The molecule has 0 saturated carbocycles. The van der Waals surface area contributed by atoms with E-state index in [1.165, 1.54) is 40.7 Å². The van der Waals surface area contributed by atoms with E-state index in [0.717, 1.165) is 4.31 Å². The molecule has 1 aliphatic heterocycles. The summed E-state index contributed by atoms with van der Waals surface area (Å²) in [5, 5.41) is 3.24. The zero-order chi connectivity index (χ0) is 29.1. The summed E-state index contributed by atoms with van der Waals surface area (Å²) in [7, 11) is -5.80. The van der Waals surface area contributed by atoms with E-state index in [1.807, 2.05) is 7.05 Å². The molecule has 9 nitrogen and oxygen atoms in total. The number of hydrogen-bond acceptors (Lipinski definition) is 6. The number of hydrogen-bond donors (Lipinski definition) is 1. The number of piperazine rings is 1. The van der Waals surface area contributed by atoms with Crippen molar-refractivity contribution in [1.29, 1.82) is 0 Å². The second kappa shape index (κ2) is 12.9. The molecule has 0 unspecified atom stereocenters. The molecule has 3 aromatic carbocycles. The molecule has 0 aliphatic carbocycles. The highest BCUT2D eigenvalue weighted by molar-refractivity contribution is 9.10. The number of amides is 1. The lowest BCUT2D eigenvalue weighted by atomic mass is 10.2. The minimum atomic E-state index is -4.08. The van der Waals surface area contributed by atoms with E-state index in [2.05, 4.69) is 26.1 Å². The Morgan fingerprint density at radius 1 is 0.875 bits per heavy atom. The number of rotatable bonds is 9. The SMILES string of the molecule is CN1CCN(S(=O)(=O)c2ccc(NC(=O)CN(Cc3ccc(Cl)c(Cl)c3)S(=O)(=O)c3ccc(Br)cc3)cc2)CC1. The fourth-order valence-electron chi connectivity index (χ4n) is 4.07. The molecule has 0 atom stereocenters. The van der Waals surface area contributed by atoms with Crippen LogP contribution in [0, 0.1) is 0 Å². The Hall–Kier alpha value is -2.03. The van der Waals surface area contributed by atoms with Gasteiger partial charge >= 0.3 is 0 Å². The number of nitrogens with one attached hydrogen (secondary N) is 1. The molecule has 214 valence electrons. The van der Waals surface area contributed by atoms with Crippen molar-refractivity contribution in [3.8, 4) is 0 Å². The third-order valence-corrected chi connectivity index (χ3v) is 11.3. The molecular weight excluding hydrogens is 663 g/mol. The maximum atomic E-state index is 13.5. The molecule has 0 aromatic heterocycles. The van der Waals surface area contributed by atoms with Gasteiger partial charge in [0.15, 0.2) is 0 Å². The van der Waals surface area contributed by atoms with Gasteiger partial charge in [0.2, 0.25) is 26.0 Å². The van der Waals surface area contributed by atoms with Gasteiger partial charge in [0.05, 0.1) is 26.4 Å². The average Bonchev–Trinajstić information content (AvgIpc) is 2.91. The lowest BCUT2D eigenvalue weighted by Crippen LogP contribution is -2.46. The van der Waals surface area contributed by atoms with Crippen LogP contribution in [0.25, 0.3) is 0 Å². The number of halogens is 3. The van der Waals surface area contributed by atoms with Crippen molar-refractivity contribution < 1.29 is 21.6 Å². The Bertz CT molecular complexity index is 1580. The quantitative estimate of drug-likeness (QED) is 0.354. The second-order valence-corrected chi connectivity index (χ2v) is 14.9. The first-order valence-electron chi connectivity index (χ1n) is 12.1. The maximum Gasteiger partial charge on any atom is 0.243 e. The van der Waals surface area contributed by atoms with E-state index in [0.29, 0.717) is 46.9 Å². The van der Waals surface area contributed by atoms with Crippen molar-refractivity contribution in [2.75, 3.05) is 45.1 Å². The third kappa shape index (κ3) is 7.42. The van der Waals surface area contributed by atoms with Crippen LogP contribution < -0.4 is 5.32 Å². The van der Waals surface area contributed by atoms with E-state index in [4.69, 9.17) is 23.2 Å². The van der Waals surface area contributed by atoms with Crippen molar-refractivity contribution in [3.05, 3.63) is 86.8 Å². The number of nitrogens with zero attached hydrogens (tertiary/aromatic N) is 3. The Morgan fingerprint density at radius 2 is 1.48 bits per heavy atom. The lowest BCUT2D eigenvalue weighted by molar-refractivity contribution is -0.116. The highest BCUT2D eigenvalue weighted by atomic mass is 79.9. The van der Waals surface area contributed by atoms with Crippen LogP contribution in [0.5, 0.6) is 0 Å². The van der Waals surface area contributed by atoms with Crippen molar-refractivity contribution in [3.63, 3.8) is 0 Å². The molecule has 40 heavy (non-hydrogen) atoms. The van der Waals surface area contributed by atoms with Crippen LogP contribution in [0.1, 0.15) is 5.56 Å². The predicted octanol–water partition coefficient (Wildman–Crippen LogP) is 4.52. The van der Waals surface area contributed by atoms with Gasteiger partial charge in [0.1, 0.15) is 0 Å². The summed E-state index contributed by atoms with van der Waals surface area (Å²) >= 11 is 15.4. The first-order valence-corrected chi connectivity index (χ1v) is 16.6. The molecule has 1 amide bonds. The fourth-order valence-corrected chi connectivity index (χ4v) is 7.46. The van der Waals surface area contributed by atoms with Crippen molar-refractivity contribution in [2.24, 2.45) is 0 Å². The summed E-state index contributed by atoms with van der Waals surface area (Å²) in [5.41, 5.74) is 0.874. The van der Waals surface area contributed by atoms with Gasteiger partial charge in [0, 0.05) is 42.9 Å². The molecule has 0 spiro atoms. The van der Waals surface area contributed by atoms with Gasteiger partial charge < -0.3 is 10.2 Å². The Labute approximate surface area is 252 Å². The van der Waals surface area contributed by atoms with E-state index >= 15 is 0 Å². The number of anilines is 1. The molecule has 1 N–H and O–H groups in total. The Balaban J connectivity index is 1.51. The normalized spacial score (nSPS) is 15.3. The fraction of sp³-hybridized carbons (Fsp3) is 0.269. The zero-order valence-electron chi connectivity index (χ0n) is 21.4. The topological polar surface area (TPSA) is 107 Å². The highest BCUT2D eigenvalue weighted by Gasteiger charge is 2.29. The van der Waals surface area contributed by atoms with Gasteiger partial charge in [-0.05, 0) is 73.3 Å². The maximum absolute atomic E-state index is 13.5. The minimum Gasteiger partial charge on any atom is -0.325 e. The third-order valence-electron chi connectivity index (χ3n) is 6.35. The minimum absolute atomic E-state index is 0.0158. The summed E-state index contributed by atoms with van der Waals surface area (Å²) < 4.78 is 56.2. The van der Waals surface area contributed by atoms with Crippen LogP contribution >= 0.6 is 39.1 Å². The number of sulfonamides is 2. The van der Waals surface area contributed by atoms with Crippen molar-refractivity contribution >= 4 is 70.8 Å². The molecule has 3 aromatic rings. The van der Waals surface area contributed by atoms with Gasteiger partial charge in [-0.25, -0.2) is 16.8 Å². The molecule has 4 rings (SSSR count). The summed E-state index contributed by atoms with van der Waals surface area (Å²) in [5.74, 6) is -0.601. The molecular formula is C26H27BrCl2N4O5S2.